The largest absolute Gasteiger partial charge is 0.416 e. The number of anilines is 1. The van der Waals surface area contributed by atoms with Crippen LogP contribution < -0.4 is 10.6 Å². The Labute approximate surface area is 157 Å². The van der Waals surface area contributed by atoms with Crippen LogP contribution in [0.5, 0.6) is 0 Å². The average molecular weight is 380 g/mol. The Kier molecular flexibility index (Phi) is 5.96. The van der Waals surface area contributed by atoms with Gasteiger partial charge in [0.2, 0.25) is 0 Å². The zero-order valence-electron chi connectivity index (χ0n) is 15.2. The molecule has 2 aromatic carbocycles. The molecule has 2 aromatic rings. The van der Waals surface area contributed by atoms with Crippen molar-refractivity contribution >= 4 is 23.0 Å². The lowest BCUT2D eigenvalue weighted by Crippen LogP contribution is -2.31. The van der Waals surface area contributed by atoms with Crippen molar-refractivity contribution in [2.45, 2.75) is 45.3 Å². The molecule has 140 valence electrons. The Hall–Kier alpha value is -2.08. The van der Waals surface area contributed by atoms with E-state index in [1.165, 1.54) is 17.7 Å². The third kappa shape index (κ3) is 5.46. The summed E-state index contributed by atoms with van der Waals surface area (Å²) in [5.74, 6) is 0. The van der Waals surface area contributed by atoms with Crippen molar-refractivity contribution in [1.29, 1.82) is 0 Å². The molecule has 0 aliphatic heterocycles. The number of halogens is 3. The van der Waals surface area contributed by atoms with Gasteiger partial charge in [0.05, 0.1) is 11.6 Å². The summed E-state index contributed by atoms with van der Waals surface area (Å²) in [6.07, 6.45) is -4.34. The topological polar surface area (TPSA) is 24.1 Å². The number of hydrogen-bond donors (Lipinski definition) is 2. The minimum absolute atomic E-state index is 0.0292. The fourth-order valence-corrected chi connectivity index (χ4v) is 2.76. The van der Waals surface area contributed by atoms with Gasteiger partial charge in [0.1, 0.15) is 0 Å². The maximum Gasteiger partial charge on any atom is 0.416 e. The standard InChI is InChI=1S/C20H23F3N2S/c1-13(14-5-7-15(8-6-14)19(2,3)4)24-18(26)25-17-11-9-16(10-12-17)20(21,22)23/h5-13H,1-4H3,(H2,24,25,26). The van der Waals surface area contributed by atoms with E-state index in [9.17, 15) is 13.2 Å². The molecular formula is C20H23F3N2S. The molecule has 1 unspecified atom stereocenters. The molecule has 1 atom stereocenters. The molecule has 0 aliphatic rings. The van der Waals surface area contributed by atoms with Gasteiger partial charge >= 0.3 is 6.18 Å². The van der Waals surface area contributed by atoms with Gasteiger partial charge in [-0.1, -0.05) is 45.0 Å². The van der Waals surface area contributed by atoms with E-state index in [0.717, 1.165) is 17.7 Å². The zero-order chi connectivity index (χ0) is 19.5. The first-order chi connectivity index (χ1) is 12.0. The fraction of sp³-hybridized carbons (Fsp3) is 0.350. The number of nitrogens with one attached hydrogen (secondary N) is 2. The SMILES string of the molecule is CC(NC(=S)Nc1ccc(C(F)(F)F)cc1)c1ccc(C(C)(C)C)cc1. The van der Waals surface area contributed by atoms with Gasteiger partial charge in [-0.05, 0) is 59.9 Å². The number of benzene rings is 2. The second-order valence-electron chi connectivity index (χ2n) is 7.27. The van der Waals surface area contributed by atoms with E-state index in [1.807, 2.05) is 6.92 Å². The van der Waals surface area contributed by atoms with Crippen LogP contribution in [0.4, 0.5) is 18.9 Å². The summed E-state index contributed by atoms with van der Waals surface area (Å²) in [4.78, 5) is 0. The number of thiocarbonyl (C=S) groups is 1. The van der Waals surface area contributed by atoms with Crippen molar-refractivity contribution in [2.24, 2.45) is 0 Å². The van der Waals surface area contributed by atoms with E-state index in [4.69, 9.17) is 12.2 Å². The second-order valence-corrected chi connectivity index (χ2v) is 7.68. The summed E-state index contributed by atoms with van der Waals surface area (Å²) in [6.45, 7) is 8.46. The Bertz CT molecular complexity index is 745. The van der Waals surface area contributed by atoms with E-state index in [0.29, 0.717) is 10.8 Å². The lowest BCUT2D eigenvalue weighted by atomic mass is 9.86. The molecule has 0 fully saturated rings. The molecule has 0 amide bonds. The molecule has 0 heterocycles. The average Bonchev–Trinajstić information content (AvgIpc) is 2.53. The van der Waals surface area contributed by atoms with E-state index in [1.54, 1.807) is 0 Å². The Morgan fingerprint density at radius 1 is 0.885 bits per heavy atom. The van der Waals surface area contributed by atoms with Crippen LogP contribution in [-0.2, 0) is 11.6 Å². The first kappa shape index (κ1) is 20.2. The molecule has 2 nitrogen and oxygen atoms in total. The number of alkyl halides is 3. The van der Waals surface area contributed by atoms with Gasteiger partial charge < -0.3 is 10.6 Å². The molecule has 0 spiro atoms. The Morgan fingerprint density at radius 2 is 1.38 bits per heavy atom. The minimum Gasteiger partial charge on any atom is -0.356 e. The summed E-state index contributed by atoms with van der Waals surface area (Å²) in [6, 6.07) is 13.1. The van der Waals surface area contributed by atoms with E-state index in [-0.39, 0.29) is 11.5 Å². The predicted octanol–water partition coefficient (Wildman–Crippen LogP) is 6.05. The van der Waals surface area contributed by atoms with Gasteiger partial charge in [-0.3, -0.25) is 0 Å². The molecule has 0 aliphatic carbocycles. The summed E-state index contributed by atoms with van der Waals surface area (Å²) in [7, 11) is 0. The Morgan fingerprint density at radius 3 is 1.85 bits per heavy atom. The predicted molar refractivity (Wildman–Crippen MR) is 104 cm³/mol. The van der Waals surface area contributed by atoms with Gasteiger partial charge in [0, 0.05) is 5.69 Å². The third-order valence-electron chi connectivity index (χ3n) is 4.09. The Balaban J connectivity index is 1.96. The van der Waals surface area contributed by atoms with Crippen molar-refractivity contribution < 1.29 is 13.2 Å². The summed E-state index contributed by atoms with van der Waals surface area (Å²) < 4.78 is 37.8. The van der Waals surface area contributed by atoms with Gasteiger partial charge in [0.15, 0.2) is 5.11 Å². The smallest absolute Gasteiger partial charge is 0.356 e. The number of rotatable bonds is 3. The van der Waals surface area contributed by atoms with Gasteiger partial charge in [-0.15, -0.1) is 0 Å². The highest BCUT2D eigenvalue weighted by Gasteiger charge is 2.29. The summed E-state index contributed by atoms with van der Waals surface area (Å²) in [5.41, 5.74) is 2.24. The van der Waals surface area contributed by atoms with Crippen LogP contribution >= 0.6 is 12.2 Å². The van der Waals surface area contributed by atoms with Crippen LogP contribution in [0.2, 0.25) is 0 Å². The number of hydrogen-bond acceptors (Lipinski definition) is 1. The second kappa shape index (κ2) is 7.66. The van der Waals surface area contributed by atoms with Gasteiger partial charge in [0.25, 0.3) is 0 Å². The van der Waals surface area contributed by atoms with Crippen LogP contribution in [0.15, 0.2) is 48.5 Å². The summed E-state index contributed by atoms with van der Waals surface area (Å²) >= 11 is 5.26. The minimum atomic E-state index is -4.34. The zero-order valence-corrected chi connectivity index (χ0v) is 16.1. The van der Waals surface area contributed by atoms with Crippen molar-refractivity contribution in [2.75, 3.05) is 5.32 Å². The van der Waals surface area contributed by atoms with Gasteiger partial charge in [-0.25, -0.2) is 0 Å². The third-order valence-corrected chi connectivity index (χ3v) is 4.31. The summed E-state index contributed by atoms with van der Waals surface area (Å²) in [5, 5.41) is 6.41. The van der Waals surface area contributed by atoms with Crippen LogP contribution in [0.25, 0.3) is 0 Å². The molecule has 0 saturated carbocycles. The van der Waals surface area contributed by atoms with E-state index < -0.39 is 11.7 Å². The lowest BCUT2D eigenvalue weighted by molar-refractivity contribution is -0.137. The van der Waals surface area contributed by atoms with Gasteiger partial charge in [-0.2, -0.15) is 13.2 Å². The molecule has 0 saturated heterocycles. The first-order valence-corrected chi connectivity index (χ1v) is 8.73. The van der Waals surface area contributed by atoms with Crippen molar-refractivity contribution in [3.8, 4) is 0 Å². The molecule has 2 rings (SSSR count). The van der Waals surface area contributed by atoms with Crippen molar-refractivity contribution in [1.82, 2.24) is 5.32 Å². The molecule has 0 aromatic heterocycles. The van der Waals surface area contributed by atoms with E-state index >= 15 is 0 Å². The molecule has 0 bridgehead atoms. The van der Waals surface area contributed by atoms with Crippen LogP contribution in [0, 0.1) is 0 Å². The highest BCUT2D eigenvalue weighted by molar-refractivity contribution is 7.80. The molecule has 0 radical (unpaired) electrons. The monoisotopic (exact) mass is 380 g/mol. The maximum atomic E-state index is 12.6. The molecule has 26 heavy (non-hydrogen) atoms. The normalized spacial score (nSPS) is 13.2. The molecule has 6 heteroatoms. The van der Waals surface area contributed by atoms with Crippen molar-refractivity contribution in [3.05, 3.63) is 65.2 Å². The highest BCUT2D eigenvalue weighted by Crippen LogP contribution is 2.30. The molecule has 2 N–H and O–H groups in total. The van der Waals surface area contributed by atoms with Crippen LogP contribution in [-0.4, -0.2) is 5.11 Å². The maximum absolute atomic E-state index is 12.6. The van der Waals surface area contributed by atoms with Crippen molar-refractivity contribution in [3.63, 3.8) is 0 Å². The quantitative estimate of drug-likeness (QED) is 0.634. The first-order valence-electron chi connectivity index (χ1n) is 8.32. The highest BCUT2D eigenvalue weighted by atomic mass is 32.1. The van der Waals surface area contributed by atoms with Crippen LogP contribution in [0.3, 0.4) is 0 Å². The lowest BCUT2D eigenvalue weighted by Gasteiger charge is -2.21. The molecular weight excluding hydrogens is 357 g/mol. The van der Waals surface area contributed by atoms with Crippen LogP contribution in [0.1, 0.15) is 50.4 Å². The fourth-order valence-electron chi connectivity index (χ4n) is 2.46. The van der Waals surface area contributed by atoms with E-state index in [2.05, 4.69) is 55.7 Å².